The molecule has 4 aromatic heterocycles. The van der Waals surface area contributed by atoms with Gasteiger partial charge in [-0.15, -0.1) is 0 Å². The number of nitrogens with zero attached hydrogens (tertiary/aromatic N) is 4. The van der Waals surface area contributed by atoms with Gasteiger partial charge in [-0.1, -0.05) is 182 Å². The van der Waals surface area contributed by atoms with Gasteiger partial charge in [-0.3, -0.25) is 13.7 Å². The third-order valence-corrected chi connectivity index (χ3v) is 15.4. The fourth-order valence-corrected chi connectivity index (χ4v) is 11.5. The molecule has 0 radical (unpaired) electrons. The summed E-state index contributed by atoms with van der Waals surface area (Å²) in [5, 5.41) is 4.35. The van der Waals surface area contributed by atoms with E-state index in [-0.39, 0.29) is 16.2 Å². The first-order valence-electron chi connectivity index (χ1n) is 25.2. The van der Waals surface area contributed by atoms with E-state index in [4.69, 9.17) is 14.1 Å². The Morgan fingerprint density at radius 1 is 0.583 bits per heavy atom. The Labute approximate surface area is 420 Å². The van der Waals surface area contributed by atoms with E-state index >= 15 is 0 Å². The minimum absolute atomic E-state index is 0.0128. The van der Waals surface area contributed by atoms with Crippen LogP contribution in [0.2, 0.25) is 0 Å². The van der Waals surface area contributed by atoms with Gasteiger partial charge in [-0.25, -0.2) is 4.98 Å². The minimum Gasteiger partial charge on any atom is -0.454 e. The highest BCUT2D eigenvalue weighted by Gasteiger charge is 2.40. The second-order valence-electron chi connectivity index (χ2n) is 22.0. The van der Waals surface area contributed by atoms with Crippen LogP contribution in [-0.2, 0) is 16.2 Å². The number of rotatable bonds is 7. The molecule has 0 unspecified atom stereocenters. The van der Waals surface area contributed by atoms with Crippen LogP contribution in [-0.4, -0.2) is 14.1 Å². The maximum Gasteiger partial charge on any atom is 0.269 e. The monoisotopic (exact) mass is 936 g/mol. The number of para-hydroxylation sites is 4. The summed E-state index contributed by atoms with van der Waals surface area (Å²) in [6, 6.07) is 64.9. The molecule has 0 amide bonds. The Morgan fingerprint density at radius 2 is 1.24 bits per heavy atom. The van der Waals surface area contributed by atoms with Crippen molar-refractivity contribution in [1.82, 2.24) is 14.1 Å². The van der Waals surface area contributed by atoms with Crippen LogP contribution in [0.15, 0.2) is 193 Å². The second kappa shape index (κ2) is 16.2. The third kappa shape index (κ3) is 6.98. The Kier molecular flexibility index (Phi) is 9.82. The van der Waals surface area contributed by atoms with E-state index in [1.807, 2.05) is 6.20 Å². The van der Waals surface area contributed by atoms with Crippen LogP contribution >= 0.6 is 0 Å². The summed E-state index contributed by atoms with van der Waals surface area (Å²) in [5.74, 6) is 2.19. The van der Waals surface area contributed by atoms with Crippen LogP contribution in [0, 0.1) is 6.33 Å². The number of furan rings is 1. The predicted octanol–water partition coefficient (Wildman–Crippen LogP) is 16.9. The van der Waals surface area contributed by atoms with Crippen molar-refractivity contribution in [2.45, 2.75) is 77.6 Å². The molecule has 8 aromatic carbocycles. The van der Waals surface area contributed by atoms with E-state index in [0.717, 1.165) is 101 Å². The van der Waals surface area contributed by atoms with Crippen LogP contribution in [0.4, 0.5) is 0 Å². The number of aromatic nitrogens is 4. The molecule has 0 atom stereocenters. The lowest BCUT2D eigenvalue weighted by molar-refractivity contribution is -0.572. The van der Waals surface area contributed by atoms with Crippen molar-refractivity contribution >= 4 is 54.8 Å². The van der Waals surface area contributed by atoms with E-state index in [9.17, 15) is 0 Å². The molecule has 352 valence electrons. The summed E-state index contributed by atoms with van der Waals surface area (Å²) >= 11 is 0. The molecule has 0 N–H and O–H groups in total. The normalized spacial score (nSPS) is 14.4. The van der Waals surface area contributed by atoms with Gasteiger partial charge in [0.15, 0.2) is 11.3 Å². The quantitative estimate of drug-likeness (QED) is 0.118. The number of pyridine rings is 1. The average molecular weight is 937 g/mol. The highest BCUT2D eigenvalue weighted by Crippen LogP contribution is 2.51. The Bertz CT molecular complexity index is 4050. The molecule has 72 heavy (non-hydrogen) atoms. The summed E-state index contributed by atoms with van der Waals surface area (Å²) in [6.07, 6.45) is 8.04. The fraction of sp³-hybridized carbons (Fsp3) is 0.182. The maximum absolute atomic E-state index is 7.29. The Hall–Kier alpha value is -8.22. The summed E-state index contributed by atoms with van der Waals surface area (Å²) in [4.78, 5) is 4.97. The van der Waals surface area contributed by atoms with Crippen molar-refractivity contribution in [3.05, 3.63) is 211 Å². The molecule has 6 nitrogen and oxygen atoms in total. The third-order valence-electron chi connectivity index (χ3n) is 15.4. The standard InChI is InChI=1S/C66H56N4O2/c1-64(2,3)44-33-36-67-59(37-44)70-54-26-15-14-23-49(54)50-30-29-46(40-57(50)70)71-58-39-45(38-52-51-31-32-53-60(63(51)72-62(52)58)66(6,7)35-34-65(53,4)5)68-41-69(56-28-17-16-27-55(56)68)61-47(42-19-10-8-11-20-42)24-18-25-48(61)43-21-12-9-13-22-43/h8-33,36-40H,34-35H2,1-7H3. The average Bonchev–Trinajstić information content (AvgIpc) is 4.08. The van der Waals surface area contributed by atoms with E-state index in [1.165, 1.54) is 16.7 Å². The molecule has 12 aromatic rings. The first-order valence-corrected chi connectivity index (χ1v) is 25.2. The molecule has 0 aliphatic heterocycles. The molecular formula is C66H56N4O2. The van der Waals surface area contributed by atoms with E-state index in [1.54, 1.807) is 0 Å². The highest BCUT2D eigenvalue weighted by atomic mass is 16.5. The molecule has 0 saturated heterocycles. The number of fused-ring (bicyclic) bond motifs is 9. The lowest BCUT2D eigenvalue weighted by atomic mass is 9.63. The number of hydrogen-bond donors (Lipinski definition) is 0. The molecule has 0 bridgehead atoms. The largest absolute Gasteiger partial charge is 0.454 e. The zero-order valence-corrected chi connectivity index (χ0v) is 41.9. The SMILES string of the molecule is CC(C)(C)c1ccnc(-n2c3ccccc3c3ccc(Oc4cc(-[n+]5[c-]n(-c6c(-c7ccccc7)cccc6-c6ccccc6)c6ccccc65)cc5c4oc4c6c(ccc45)C(C)(C)CCC6(C)C)cc32)c1. The highest BCUT2D eigenvalue weighted by molar-refractivity contribution is 6.11. The Balaban J connectivity index is 1.06. The van der Waals surface area contributed by atoms with Crippen molar-refractivity contribution < 1.29 is 13.7 Å². The smallest absolute Gasteiger partial charge is 0.269 e. The van der Waals surface area contributed by atoms with Crippen LogP contribution in [0.5, 0.6) is 11.5 Å². The summed E-state index contributed by atoms with van der Waals surface area (Å²) in [5.41, 5.74) is 16.0. The lowest BCUT2D eigenvalue weighted by Gasteiger charge is -2.41. The van der Waals surface area contributed by atoms with E-state index < -0.39 is 0 Å². The molecule has 0 fully saturated rings. The van der Waals surface area contributed by atoms with Crippen molar-refractivity contribution in [2.24, 2.45) is 0 Å². The van der Waals surface area contributed by atoms with Gasteiger partial charge in [-0.2, -0.15) is 0 Å². The van der Waals surface area contributed by atoms with Gasteiger partial charge in [-0.05, 0) is 105 Å². The zero-order valence-electron chi connectivity index (χ0n) is 41.9. The van der Waals surface area contributed by atoms with Gasteiger partial charge < -0.3 is 9.15 Å². The zero-order chi connectivity index (χ0) is 49.1. The molecule has 1 aliphatic rings. The molecular weight excluding hydrogens is 881 g/mol. The van der Waals surface area contributed by atoms with Gasteiger partial charge in [0.2, 0.25) is 0 Å². The van der Waals surface area contributed by atoms with Crippen LogP contribution in [0.25, 0.3) is 94.2 Å². The summed E-state index contributed by atoms with van der Waals surface area (Å²) in [6.45, 7) is 16.2. The minimum atomic E-state index is -0.0859. The molecule has 1 aliphatic carbocycles. The first kappa shape index (κ1) is 43.8. The summed E-state index contributed by atoms with van der Waals surface area (Å²) < 4.78 is 21.3. The lowest BCUT2D eigenvalue weighted by Crippen LogP contribution is -2.33. The van der Waals surface area contributed by atoms with Gasteiger partial charge in [0, 0.05) is 39.4 Å². The maximum atomic E-state index is 7.29. The van der Waals surface area contributed by atoms with Crippen LogP contribution in [0.1, 0.15) is 78.0 Å². The van der Waals surface area contributed by atoms with Crippen molar-refractivity contribution in [1.29, 1.82) is 0 Å². The van der Waals surface area contributed by atoms with Gasteiger partial charge in [0.1, 0.15) is 17.2 Å². The van der Waals surface area contributed by atoms with E-state index in [0.29, 0.717) is 17.1 Å². The van der Waals surface area contributed by atoms with E-state index in [2.05, 4.69) is 250 Å². The van der Waals surface area contributed by atoms with Crippen molar-refractivity contribution in [3.63, 3.8) is 0 Å². The number of hydrogen-bond acceptors (Lipinski definition) is 3. The molecule has 4 heterocycles. The van der Waals surface area contributed by atoms with Gasteiger partial charge >= 0.3 is 0 Å². The van der Waals surface area contributed by atoms with Crippen molar-refractivity contribution in [3.8, 4) is 50.9 Å². The van der Waals surface area contributed by atoms with Gasteiger partial charge in [0.25, 0.3) is 6.33 Å². The Morgan fingerprint density at radius 3 is 1.97 bits per heavy atom. The van der Waals surface area contributed by atoms with Crippen LogP contribution in [0.3, 0.4) is 0 Å². The predicted molar refractivity (Wildman–Crippen MR) is 294 cm³/mol. The molecule has 0 spiro atoms. The fourth-order valence-electron chi connectivity index (χ4n) is 11.5. The summed E-state index contributed by atoms with van der Waals surface area (Å²) in [7, 11) is 0. The number of imidazole rings is 1. The first-order chi connectivity index (χ1) is 34.8. The van der Waals surface area contributed by atoms with Gasteiger partial charge in [0.05, 0.1) is 33.4 Å². The molecule has 0 saturated carbocycles. The second-order valence-corrected chi connectivity index (χ2v) is 22.0. The van der Waals surface area contributed by atoms with Crippen molar-refractivity contribution in [2.75, 3.05) is 0 Å². The number of ether oxygens (including phenoxy) is 1. The topological polar surface area (TPSA) is 49.0 Å². The number of benzene rings is 8. The molecule has 6 heteroatoms. The molecule has 13 rings (SSSR count). The van der Waals surface area contributed by atoms with Crippen LogP contribution < -0.4 is 9.30 Å².